The van der Waals surface area contributed by atoms with E-state index in [1.165, 1.54) is 5.56 Å². The molecule has 0 unspecified atom stereocenters. The van der Waals surface area contributed by atoms with Gasteiger partial charge in [0.15, 0.2) is 5.76 Å². The van der Waals surface area contributed by atoms with Gasteiger partial charge in [-0.25, -0.2) is 0 Å². The summed E-state index contributed by atoms with van der Waals surface area (Å²) < 4.78 is 13.3. The molecule has 162 valence electrons. The third-order valence-electron chi connectivity index (χ3n) is 4.96. The van der Waals surface area contributed by atoms with Crippen LogP contribution in [0.2, 0.25) is 0 Å². The minimum Gasteiger partial charge on any atom is -0.485 e. The van der Waals surface area contributed by atoms with Crippen LogP contribution in [0.1, 0.15) is 27.4 Å². The predicted octanol–water partition coefficient (Wildman–Crippen LogP) is 5.28. The van der Waals surface area contributed by atoms with Crippen molar-refractivity contribution >= 4 is 11.6 Å². The van der Waals surface area contributed by atoms with Gasteiger partial charge in [-0.2, -0.15) is 5.10 Å². The summed E-state index contributed by atoms with van der Waals surface area (Å²) in [6.07, 6.45) is 6.87. The lowest BCUT2D eigenvalue weighted by molar-refractivity contribution is 0.0992. The van der Waals surface area contributed by atoms with Crippen LogP contribution in [0.15, 0.2) is 96.2 Å². The SMILES string of the molecule is C=CCc1ccccc1OCc1ccc(C(=O)Nc2cnn(CCc3ccccc3)c2)o1. The first kappa shape index (κ1) is 21.2. The fraction of sp³-hybridized carbons (Fsp3) is 0.154. The zero-order valence-corrected chi connectivity index (χ0v) is 17.7. The second kappa shape index (κ2) is 10.3. The maximum Gasteiger partial charge on any atom is 0.291 e. The Morgan fingerprint density at radius 1 is 1.09 bits per heavy atom. The lowest BCUT2D eigenvalue weighted by Gasteiger charge is -2.08. The molecule has 2 aromatic carbocycles. The Kier molecular flexibility index (Phi) is 6.82. The van der Waals surface area contributed by atoms with E-state index in [0.29, 0.717) is 11.4 Å². The van der Waals surface area contributed by atoms with Crippen molar-refractivity contribution in [2.75, 3.05) is 5.32 Å². The van der Waals surface area contributed by atoms with Crippen LogP contribution in [0.4, 0.5) is 5.69 Å². The summed E-state index contributed by atoms with van der Waals surface area (Å²) in [7, 11) is 0. The number of hydrogen-bond acceptors (Lipinski definition) is 4. The third-order valence-corrected chi connectivity index (χ3v) is 4.96. The molecule has 6 nitrogen and oxygen atoms in total. The molecule has 2 aromatic heterocycles. The van der Waals surface area contributed by atoms with Crippen molar-refractivity contribution in [3.05, 3.63) is 114 Å². The minimum absolute atomic E-state index is 0.222. The molecule has 32 heavy (non-hydrogen) atoms. The van der Waals surface area contributed by atoms with Crippen molar-refractivity contribution < 1.29 is 13.9 Å². The van der Waals surface area contributed by atoms with Crippen LogP contribution in [-0.4, -0.2) is 15.7 Å². The number of allylic oxidation sites excluding steroid dienone is 1. The normalized spacial score (nSPS) is 10.6. The van der Waals surface area contributed by atoms with E-state index in [4.69, 9.17) is 9.15 Å². The molecule has 4 aromatic rings. The van der Waals surface area contributed by atoms with E-state index >= 15 is 0 Å². The average Bonchev–Trinajstić information content (AvgIpc) is 3.48. The molecule has 0 aliphatic rings. The van der Waals surface area contributed by atoms with Crippen LogP contribution < -0.4 is 10.1 Å². The molecule has 0 radical (unpaired) electrons. The highest BCUT2D eigenvalue weighted by atomic mass is 16.5. The Bertz CT molecular complexity index is 1180. The molecular formula is C26H25N3O3. The summed E-state index contributed by atoms with van der Waals surface area (Å²) in [4.78, 5) is 12.5. The van der Waals surface area contributed by atoms with E-state index < -0.39 is 0 Å². The third kappa shape index (κ3) is 5.55. The molecule has 4 rings (SSSR count). The maximum absolute atomic E-state index is 12.5. The van der Waals surface area contributed by atoms with Crippen molar-refractivity contribution in [2.45, 2.75) is 26.0 Å². The average molecular weight is 428 g/mol. The number of rotatable bonds is 10. The molecule has 0 aliphatic heterocycles. The van der Waals surface area contributed by atoms with Gasteiger partial charge in [0.25, 0.3) is 5.91 Å². The van der Waals surface area contributed by atoms with E-state index in [2.05, 4.69) is 29.1 Å². The molecule has 0 aliphatic carbocycles. The summed E-state index contributed by atoms with van der Waals surface area (Å²) in [5, 5.41) is 7.14. The number of anilines is 1. The van der Waals surface area contributed by atoms with Crippen LogP contribution >= 0.6 is 0 Å². The van der Waals surface area contributed by atoms with E-state index in [0.717, 1.165) is 30.7 Å². The molecule has 0 bridgehead atoms. The largest absolute Gasteiger partial charge is 0.485 e. The molecule has 1 N–H and O–H groups in total. The number of furan rings is 1. The first-order chi connectivity index (χ1) is 15.7. The van der Waals surface area contributed by atoms with Crippen LogP contribution in [0.25, 0.3) is 0 Å². The molecule has 2 heterocycles. The number of benzene rings is 2. The number of hydrogen-bond donors (Lipinski definition) is 1. The number of aromatic nitrogens is 2. The van der Waals surface area contributed by atoms with Crippen molar-refractivity contribution in [1.29, 1.82) is 0 Å². The number of nitrogens with one attached hydrogen (secondary N) is 1. The highest BCUT2D eigenvalue weighted by molar-refractivity contribution is 6.02. The summed E-state index contributed by atoms with van der Waals surface area (Å²) in [5.41, 5.74) is 2.91. The standard InChI is InChI=1S/C26H25N3O3/c1-2-8-21-11-6-7-12-24(21)31-19-23-13-14-25(32-23)26(30)28-22-17-27-29(18-22)16-15-20-9-4-3-5-10-20/h2-7,9-14,17-18H,1,8,15-16,19H2,(H,28,30). The van der Waals surface area contributed by atoms with Gasteiger partial charge in [0.2, 0.25) is 0 Å². The smallest absolute Gasteiger partial charge is 0.291 e. The quantitative estimate of drug-likeness (QED) is 0.350. The van der Waals surface area contributed by atoms with Crippen molar-refractivity contribution in [3.8, 4) is 5.75 Å². The van der Waals surface area contributed by atoms with Crippen LogP contribution in [0.5, 0.6) is 5.75 Å². The lowest BCUT2D eigenvalue weighted by Crippen LogP contribution is -2.10. The summed E-state index contributed by atoms with van der Waals surface area (Å²) in [5.74, 6) is 1.24. The topological polar surface area (TPSA) is 69.3 Å². The van der Waals surface area contributed by atoms with Gasteiger partial charge >= 0.3 is 0 Å². The van der Waals surface area contributed by atoms with Crippen molar-refractivity contribution in [3.63, 3.8) is 0 Å². The number of carbonyl (C=O) groups is 1. The van der Waals surface area contributed by atoms with Gasteiger partial charge in [-0.3, -0.25) is 9.48 Å². The number of amides is 1. The van der Waals surface area contributed by atoms with Gasteiger partial charge in [-0.1, -0.05) is 54.6 Å². The fourth-order valence-corrected chi connectivity index (χ4v) is 3.33. The monoisotopic (exact) mass is 427 g/mol. The number of carbonyl (C=O) groups excluding carboxylic acids is 1. The number of para-hydroxylation sites is 1. The van der Waals surface area contributed by atoms with Crippen molar-refractivity contribution in [2.24, 2.45) is 0 Å². The summed E-state index contributed by atoms with van der Waals surface area (Å²) in [6, 6.07) is 21.4. The molecule has 0 atom stereocenters. The molecule has 0 saturated heterocycles. The highest BCUT2D eigenvalue weighted by Crippen LogP contribution is 2.21. The van der Waals surface area contributed by atoms with E-state index in [1.807, 2.05) is 59.4 Å². The zero-order valence-electron chi connectivity index (χ0n) is 17.7. The second-order valence-electron chi connectivity index (χ2n) is 7.34. The van der Waals surface area contributed by atoms with Crippen LogP contribution in [-0.2, 0) is 26.0 Å². The minimum atomic E-state index is -0.328. The summed E-state index contributed by atoms with van der Waals surface area (Å²) in [6.45, 7) is 4.74. The first-order valence-electron chi connectivity index (χ1n) is 10.5. The Balaban J connectivity index is 1.30. The molecule has 1 amide bonds. The molecular weight excluding hydrogens is 402 g/mol. The van der Waals surface area contributed by atoms with Crippen LogP contribution in [0.3, 0.4) is 0 Å². The van der Waals surface area contributed by atoms with Gasteiger partial charge in [0.05, 0.1) is 11.9 Å². The van der Waals surface area contributed by atoms with Gasteiger partial charge < -0.3 is 14.5 Å². The first-order valence-corrected chi connectivity index (χ1v) is 10.5. The second-order valence-corrected chi connectivity index (χ2v) is 7.34. The van der Waals surface area contributed by atoms with Crippen molar-refractivity contribution in [1.82, 2.24) is 9.78 Å². The van der Waals surface area contributed by atoms with Gasteiger partial charge in [0.1, 0.15) is 18.1 Å². The summed E-state index contributed by atoms with van der Waals surface area (Å²) >= 11 is 0. The predicted molar refractivity (Wildman–Crippen MR) is 124 cm³/mol. The molecule has 6 heteroatoms. The highest BCUT2D eigenvalue weighted by Gasteiger charge is 2.13. The Morgan fingerprint density at radius 2 is 1.91 bits per heavy atom. The van der Waals surface area contributed by atoms with E-state index in [-0.39, 0.29) is 18.3 Å². The Hall–Kier alpha value is -4.06. The van der Waals surface area contributed by atoms with Gasteiger partial charge in [-0.15, -0.1) is 6.58 Å². The number of aryl methyl sites for hydroxylation is 2. The zero-order chi connectivity index (χ0) is 22.2. The van der Waals surface area contributed by atoms with E-state index in [9.17, 15) is 4.79 Å². The maximum atomic E-state index is 12.5. The Labute approximate surface area is 187 Å². The Morgan fingerprint density at radius 3 is 2.75 bits per heavy atom. The van der Waals surface area contributed by atoms with E-state index in [1.54, 1.807) is 18.3 Å². The molecule has 0 spiro atoms. The van der Waals surface area contributed by atoms with Gasteiger partial charge in [0, 0.05) is 12.7 Å². The lowest BCUT2D eigenvalue weighted by atomic mass is 10.1. The molecule has 0 saturated carbocycles. The van der Waals surface area contributed by atoms with Crippen LogP contribution in [0, 0.1) is 0 Å². The fourth-order valence-electron chi connectivity index (χ4n) is 3.33. The molecule has 0 fully saturated rings. The number of ether oxygens (including phenoxy) is 1. The van der Waals surface area contributed by atoms with Gasteiger partial charge in [-0.05, 0) is 42.2 Å². The number of nitrogens with zero attached hydrogens (tertiary/aromatic N) is 2.